The molecule has 126 valence electrons. The topological polar surface area (TPSA) is 27.7 Å². The third kappa shape index (κ3) is 2.28. The molecule has 0 aromatic carbocycles. The fourth-order valence-electron chi connectivity index (χ4n) is 1.64. The predicted octanol–water partition coefficient (Wildman–Crippen LogP) is 3.14. The summed E-state index contributed by atoms with van der Waals surface area (Å²) in [6.45, 7) is 0. The zero-order valence-corrected chi connectivity index (χ0v) is 10.3. The molecule has 22 heavy (non-hydrogen) atoms. The second-order valence-electron chi connectivity index (χ2n) is 5.47. The Kier molecular flexibility index (Phi) is 2.84. The van der Waals surface area contributed by atoms with Crippen molar-refractivity contribution in [1.82, 2.24) is 0 Å². The van der Waals surface area contributed by atoms with Crippen LogP contribution in [-0.2, 0) is 14.0 Å². The van der Waals surface area contributed by atoms with E-state index in [9.17, 15) is 39.5 Å². The zero-order valence-electron chi connectivity index (χ0n) is 10.3. The van der Waals surface area contributed by atoms with Crippen LogP contribution in [0, 0.1) is 0 Å². The van der Waals surface area contributed by atoms with Crippen LogP contribution in [0.1, 0.15) is 19.3 Å². The molecule has 3 saturated carbocycles. The van der Waals surface area contributed by atoms with Gasteiger partial charge in [0.15, 0.2) is 0 Å². The minimum absolute atomic E-state index is 1.56. The van der Waals surface area contributed by atoms with Gasteiger partial charge in [-0.1, -0.05) is 0 Å². The first-order valence-corrected chi connectivity index (χ1v) is 5.89. The first-order chi connectivity index (χ1) is 9.66. The molecule has 0 spiro atoms. The van der Waals surface area contributed by atoms with Crippen LogP contribution in [0.3, 0.4) is 0 Å². The summed E-state index contributed by atoms with van der Waals surface area (Å²) in [6.07, 6.45) is -4.68. The predicted molar refractivity (Wildman–Crippen MR) is 49.2 cm³/mol. The van der Waals surface area contributed by atoms with Gasteiger partial charge < -0.3 is 14.0 Å². The minimum atomic E-state index is -4.08. The summed E-state index contributed by atoms with van der Waals surface area (Å²) in [5.74, 6) is -23.6. The molecule has 3 aliphatic rings. The third-order valence-electron chi connectivity index (χ3n) is 3.46. The Hall–Kier alpha value is -0.685. The lowest BCUT2D eigenvalue weighted by molar-refractivity contribution is -0.168. The van der Waals surface area contributed by atoms with Crippen LogP contribution in [0.5, 0.6) is 0 Å². The molecule has 3 fully saturated rings. The van der Waals surface area contributed by atoms with Gasteiger partial charge in [0.25, 0.3) is 17.6 Å². The maximum atomic E-state index is 13.4. The van der Waals surface area contributed by atoms with Gasteiger partial charge in [0.05, 0.1) is 19.3 Å². The average Bonchev–Trinajstić information content (AvgIpc) is 3.03. The van der Waals surface area contributed by atoms with Gasteiger partial charge in [0.1, 0.15) is 0 Å². The maximum Gasteiger partial charge on any atom is 0.646 e. The van der Waals surface area contributed by atoms with E-state index in [-0.39, 0.29) is 0 Å². The SMILES string of the molecule is FC1(F)CC1(F)OB(OC1(F)CC1(F)F)OC1(F)CC1(F)F. The lowest BCUT2D eigenvalue weighted by Gasteiger charge is -2.20. The second kappa shape index (κ2) is 3.86. The number of hydrogen-bond donors (Lipinski definition) is 0. The van der Waals surface area contributed by atoms with Crippen molar-refractivity contribution in [2.45, 2.75) is 54.6 Å². The van der Waals surface area contributed by atoms with Gasteiger partial charge in [-0.05, 0) is 0 Å². The van der Waals surface area contributed by atoms with Crippen molar-refractivity contribution < 1.29 is 53.5 Å². The molecule has 0 aromatic rings. The molecule has 3 unspecified atom stereocenters. The Labute approximate surface area is 116 Å². The first kappa shape index (κ1) is 16.2. The molecule has 13 heteroatoms. The summed E-state index contributed by atoms with van der Waals surface area (Å²) in [4.78, 5) is 0. The Morgan fingerprint density at radius 2 is 0.682 bits per heavy atom. The normalized spacial score (nSPS) is 46.2. The van der Waals surface area contributed by atoms with E-state index in [1.165, 1.54) is 0 Å². The smallest absolute Gasteiger partial charge is 0.348 e. The molecular weight excluding hydrogens is 338 g/mol. The summed E-state index contributed by atoms with van der Waals surface area (Å²) in [5.41, 5.74) is 0. The van der Waals surface area contributed by atoms with E-state index in [2.05, 4.69) is 14.0 Å². The number of halogens is 9. The van der Waals surface area contributed by atoms with Crippen LogP contribution in [0.2, 0.25) is 0 Å². The summed E-state index contributed by atoms with van der Waals surface area (Å²) in [5, 5.41) is 0. The van der Waals surface area contributed by atoms with E-state index in [1.54, 1.807) is 0 Å². The highest BCUT2D eigenvalue weighted by molar-refractivity contribution is 6.37. The standard InChI is InChI=1S/C9H6BF9O3/c11-4(12)1-7(4,17)20-10(21-8(18)2-5(8,13)14)22-9(19)3-6(9,15)16/h1-3H2. The van der Waals surface area contributed by atoms with Gasteiger partial charge in [-0.15, -0.1) is 0 Å². The van der Waals surface area contributed by atoms with Crippen LogP contribution >= 0.6 is 0 Å². The molecule has 0 radical (unpaired) electrons. The van der Waals surface area contributed by atoms with Crippen LogP contribution in [0.15, 0.2) is 0 Å². The first-order valence-electron chi connectivity index (χ1n) is 5.89. The Balaban J connectivity index is 1.70. The molecule has 0 saturated heterocycles. The summed E-state index contributed by atoms with van der Waals surface area (Å²) in [6, 6.07) is 0. The van der Waals surface area contributed by atoms with Crippen molar-refractivity contribution in [1.29, 1.82) is 0 Å². The fraction of sp³-hybridized carbons (Fsp3) is 1.00. The molecule has 0 bridgehead atoms. The van der Waals surface area contributed by atoms with E-state index in [4.69, 9.17) is 0 Å². The van der Waals surface area contributed by atoms with Gasteiger partial charge in [0, 0.05) is 0 Å². The minimum Gasteiger partial charge on any atom is -0.348 e. The fourth-order valence-corrected chi connectivity index (χ4v) is 1.64. The molecule has 3 atom stereocenters. The number of alkyl halides is 9. The van der Waals surface area contributed by atoms with Crippen LogP contribution in [0.4, 0.5) is 39.5 Å². The number of hydrogen-bond acceptors (Lipinski definition) is 3. The van der Waals surface area contributed by atoms with Crippen molar-refractivity contribution in [2.24, 2.45) is 0 Å². The highest BCUT2D eigenvalue weighted by atomic mass is 19.3. The lowest BCUT2D eigenvalue weighted by atomic mass is 10.2. The van der Waals surface area contributed by atoms with Crippen LogP contribution in [0.25, 0.3) is 0 Å². The second-order valence-corrected chi connectivity index (χ2v) is 5.47. The highest BCUT2D eigenvalue weighted by Gasteiger charge is 2.82. The maximum absolute atomic E-state index is 13.4. The van der Waals surface area contributed by atoms with Gasteiger partial charge in [-0.3, -0.25) is 0 Å². The van der Waals surface area contributed by atoms with Crippen molar-refractivity contribution in [3.8, 4) is 0 Å². The van der Waals surface area contributed by atoms with Gasteiger partial charge in [-0.2, -0.15) is 0 Å². The zero-order chi connectivity index (χ0) is 16.8. The number of rotatable bonds is 6. The summed E-state index contributed by atoms with van der Waals surface area (Å²) in [7, 11) is -3.13. The van der Waals surface area contributed by atoms with Crippen molar-refractivity contribution in [3.63, 3.8) is 0 Å². The quantitative estimate of drug-likeness (QED) is 0.548. The monoisotopic (exact) mass is 344 g/mol. The molecule has 3 rings (SSSR count). The van der Waals surface area contributed by atoms with E-state index in [1.807, 2.05) is 0 Å². The largest absolute Gasteiger partial charge is 0.646 e. The molecule has 0 amide bonds. The molecule has 3 aliphatic carbocycles. The Morgan fingerprint density at radius 1 is 0.500 bits per heavy atom. The van der Waals surface area contributed by atoms with E-state index >= 15 is 0 Å². The molecule has 0 aromatic heterocycles. The van der Waals surface area contributed by atoms with Gasteiger partial charge in [-0.25, -0.2) is 39.5 Å². The lowest BCUT2D eigenvalue weighted by Crippen LogP contribution is -2.42. The van der Waals surface area contributed by atoms with E-state index < -0.39 is 61.9 Å². The van der Waals surface area contributed by atoms with E-state index in [0.29, 0.717) is 0 Å². The Bertz CT molecular complexity index is 447. The molecule has 3 nitrogen and oxygen atoms in total. The highest BCUT2D eigenvalue weighted by Crippen LogP contribution is 2.62. The Morgan fingerprint density at radius 3 is 0.818 bits per heavy atom. The summed E-state index contributed by atoms with van der Waals surface area (Å²) >= 11 is 0. The van der Waals surface area contributed by atoms with Crippen molar-refractivity contribution in [3.05, 3.63) is 0 Å². The molecular formula is C9H6BF9O3. The van der Waals surface area contributed by atoms with Gasteiger partial charge >= 0.3 is 25.1 Å². The van der Waals surface area contributed by atoms with Gasteiger partial charge in [0.2, 0.25) is 0 Å². The third-order valence-corrected chi connectivity index (χ3v) is 3.46. The van der Waals surface area contributed by atoms with E-state index in [0.717, 1.165) is 0 Å². The van der Waals surface area contributed by atoms with Crippen molar-refractivity contribution >= 4 is 7.32 Å². The average molecular weight is 344 g/mol. The molecule has 0 N–H and O–H groups in total. The summed E-state index contributed by atoms with van der Waals surface area (Å²) < 4.78 is 127. The molecule has 0 heterocycles. The van der Waals surface area contributed by atoms with Crippen LogP contribution < -0.4 is 0 Å². The van der Waals surface area contributed by atoms with Crippen LogP contribution in [-0.4, -0.2) is 42.7 Å². The molecule has 0 aliphatic heterocycles. The van der Waals surface area contributed by atoms with Crippen molar-refractivity contribution in [2.75, 3.05) is 0 Å².